The number of carbonyl (C=O) groups excluding carboxylic acids is 2. The van der Waals surface area contributed by atoms with E-state index in [4.69, 9.17) is 11.6 Å². The second-order valence-electron chi connectivity index (χ2n) is 7.54. The monoisotopic (exact) mass is 400 g/mol. The van der Waals surface area contributed by atoms with Gasteiger partial charge in [0.2, 0.25) is 11.8 Å². The van der Waals surface area contributed by atoms with Crippen molar-refractivity contribution in [3.05, 3.63) is 58.6 Å². The minimum atomic E-state index is -0.317. The van der Waals surface area contributed by atoms with Gasteiger partial charge in [-0.2, -0.15) is 0 Å². The molecule has 28 heavy (non-hydrogen) atoms. The third-order valence-corrected chi connectivity index (χ3v) is 4.83. The van der Waals surface area contributed by atoms with Crippen molar-refractivity contribution < 1.29 is 9.59 Å². The van der Waals surface area contributed by atoms with Crippen LogP contribution in [0.25, 0.3) is 0 Å². The second-order valence-corrected chi connectivity index (χ2v) is 7.95. The highest BCUT2D eigenvalue weighted by molar-refractivity contribution is 6.34. The van der Waals surface area contributed by atoms with Crippen LogP contribution in [-0.2, 0) is 16.0 Å². The second kappa shape index (κ2) is 10.3. The number of benzene rings is 2. The van der Waals surface area contributed by atoms with Gasteiger partial charge in [0.25, 0.3) is 0 Å². The number of hydrogen-bond acceptors (Lipinski definition) is 2. The van der Waals surface area contributed by atoms with Crippen molar-refractivity contribution in [1.29, 1.82) is 0 Å². The molecule has 2 aromatic rings. The van der Waals surface area contributed by atoms with E-state index in [2.05, 4.69) is 36.6 Å². The van der Waals surface area contributed by atoms with E-state index < -0.39 is 0 Å². The van der Waals surface area contributed by atoms with Gasteiger partial charge in [0, 0.05) is 12.1 Å². The van der Waals surface area contributed by atoms with Crippen LogP contribution in [0.3, 0.4) is 0 Å². The van der Waals surface area contributed by atoms with Gasteiger partial charge in [-0.25, -0.2) is 0 Å². The maximum absolute atomic E-state index is 12.7. The van der Waals surface area contributed by atoms with Crippen molar-refractivity contribution in [3.8, 4) is 0 Å². The standard InChI is InChI=1S/C23H29ClN2O2/c1-5-6-22(27)25-19-11-12-20(24)21(14-19)26-23(28)16(4)18-9-7-17(8-10-18)13-15(2)3/h7-12,14-16H,5-6,13H2,1-4H3,(H,25,27)(H,26,28). The van der Waals surface area contributed by atoms with Crippen molar-refractivity contribution >= 4 is 34.8 Å². The molecule has 2 amide bonds. The van der Waals surface area contributed by atoms with Crippen molar-refractivity contribution in [2.24, 2.45) is 5.92 Å². The molecule has 0 fully saturated rings. The van der Waals surface area contributed by atoms with Gasteiger partial charge in [-0.05, 0) is 55.0 Å². The van der Waals surface area contributed by atoms with Crippen molar-refractivity contribution in [3.63, 3.8) is 0 Å². The maximum atomic E-state index is 12.7. The Labute approximate surface area is 172 Å². The van der Waals surface area contributed by atoms with Gasteiger partial charge in [0.15, 0.2) is 0 Å². The van der Waals surface area contributed by atoms with Crippen LogP contribution in [0.15, 0.2) is 42.5 Å². The predicted molar refractivity (Wildman–Crippen MR) is 117 cm³/mol. The van der Waals surface area contributed by atoms with Crippen LogP contribution in [0, 0.1) is 5.92 Å². The molecule has 1 unspecified atom stereocenters. The van der Waals surface area contributed by atoms with Crippen LogP contribution in [0.4, 0.5) is 11.4 Å². The van der Waals surface area contributed by atoms with Gasteiger partial charge in [-0.1, -0.05) is 56.6 Å². The lowest BCUT2D eigenvalue weighted by Gasteiger charge is -2.15. The first kappa shape index (κ1) is 22.0. The molecule has 0 aliphatic heterocycles. The molecular formula is C23H29ClN2O2. The third-order valence-electron chi connectivity index (χ3n) is 4.50. The number of rotatable bonds is 8. The van der Waals surface area contributed by atoms with Gasteiger partial charge < -0.3 is 10.6 Å². The molecule has 0 bridgehead atoms. The summed E-state index contributed by atoms with van der Waals surface area (Å²) in [7, 11) is 0. The molecule has 0 aromatic heterocycles. The van der Waals surface area contributed by atoms with Crippen LogP contribution < -0.4 is 10.6 Å². The Morgan fingerprint density at radius 1 is 1.00 bits per heavy atom. The number of amides is 2. The molecule has 150 valence electrons. The number of anilines is 2. The molecule has 0 spiro atoms. The zero-order valence-corrected chi connectivity index (χ0v) is 17.8. The van der Waals surface area contributed by atoms with E-state index in [1.807, 2.05) is 26.0 Å². The first-order valence-corrected chi connectivity index (χ1v) is 10.2. The lowest BCUT2D eigenvalue weighted by atomic mass is 9.96. The SMILES string of the molecule is CCCC(=O)Nc1ccc(Cl)c(NC(=O)C(C)c2ccc(CC(C)C)cc2)c1. The van der Waals surface area contributed by atoms with E-state index in [1.54, 1.807) is 18.2 Å². The Morgan fingerprint density at radius 3 is 2.29 bits per heavy atom. The fourth-order valence-corrected chi connectivity index (χ4v) is 3.12. The van der Waals surface area contributed by atoms with Gasteiger partial charge in [-0.3, -0.25) is 9.59 Å². The number of carbonyl (C=O) groups is 2. The predicted octanol–water partition coefficient (Wildman–Crippen LogP) is 6.02. The maximum Gasteiger partial charge on any atom is 0.231 e. The molecule has 0 saturated carbocycles. The fraction of sp³-hybridized carbons (Fsp3) is 0.391. The largest absolute Gasteiger partial charge is 0.326 e. The lowest BCUT2D eigenvalue weighted by molar-refractivity contribution is -0.117. The third kappa shape index (κ3) is 6.38. The summed E-state index contributed by atoms with van der Waals surface area (Å²) in [6.45, 7) is 8.19. The summed E-state index contributed by atoms with van der Waals surface area (Å²) in [5.41, 5.74) is 3.33. The van der Waals surface area contributed by atoms with Crippen molar-refractivity contribution in [1.82, 2.24) is 0 Å². The summed E-state index contributed by atoms with van der Waals surface area (Å²) in [5.74, 6) is 0.0776. The zero-order chi connectivity index (χ0) is 20.7. The molecule has 0 saturated heterocycles. The molecule has 2 rings (SSSR count). The van der Waals surface area contributed by atoms with Crippen LogP contribution in [-0.4, -0.2) is 11.8 Å². The van der Waals surface area contributed by atoms with Crippen molar-refractivity contribution in [2.75, 3.05) is 10.6 Å². The average molecular weight is 401 g/mol. The van der Waals surface area contributed by atoms with E-state index in [0.29, 0.717) is 28.7 Å². The van der Waals surface area contributed by atoms with Gasteiger partial charge in [0.05, 0.1) is 16.6 Å². The number of hydrogen-bond donors (Lipinski definition) is 2. The Bertz CT molecular complexity index is 816. The van der Waals surface area contributed by atoms with Crippen molar-refractivity contribution in [2.45, 2.75) is 52.9 Å². The Balaban J connectivity index is 2.07. The molecule has 2 N–H and O–H groups in total. The molecule has 4 nitrogen and oxygen atoms in total. The molecule has 0 radical (unpaired) electrons. The quantitative estimate of drug-likeness (QED) is 0.569. The normalized spacial score (nSPS) is 11.9. The molecule has 5 heteroatoms. The number of nitrogens with one attached hydrogen (secondary N) is 2. The average Bonchev–Trinajstić information content (AvgIpc) is 2.64. The Kier molecular flexibility index (Phi) is 8.06. The minimum absolute atomic E-state index is 0.0584. The van der Waals surface area contributed by atoms with Crippen LogP contribution in [0.5, 0.6) is 0 Å². The van der Waals surface area contributed by atoms with Crippen LogP contribution in [0.2, 0.25) is 5.02 Å². The van der Waals surface area contributed by atoms with E-state index in [-0.39, 0.29) is 17.7 Å². The van der Waals surface area contributed by atoms with Gasteiger partial charge in [-0.15, -0.1) is 0 Å². The highest BCUT2D eigenvalue weighted by Gasteiger charge is 2.17. The summed E-state index contributed by atoms with van der Waals surface area (Å²) in [6.07, 6.45) is 2.25. The molecule has 0 aliphatic rings. The summed E-state index contributed by atoms with van der Waals surface area (Å²) in [6, 6.07) is 13.3. The summed E-state index contributed by atoms with van der Waals surface area (Å²) >= 11 is 6.23. The Hall–Kier alpha value is -2.33. The highest BCUT2D eigenvalue weighted by atomic mass is 35.5. The minimum Gasteiger partial charge on any atom is -0.326 e. The molecule has 0 aliphatic carbocycles. The molecule has 0 heterocycles. The van der Waals surface area contributed by atoms with E-state index in [9.17, 15) is 9.59 Å². The highest BCUT2D eigenvalue weighted by Crippen LogP contribution is 2.27. The Morgan fingerprint density at radius 2 is 1.68 bits per heavy atom. The lowest BCUT2D eigenvalue weighted by Crippen LogP contribution is -2.19. The zero-order valence-electron chi connectivity index (χ0n) is 17.0. The smallest absolute Gasteiger partial charge is 0.231 e. The summed E-state index contributed by atoms with van der Waals surface area (Å²) in [5, 5.41) is 6.13. The molecular weight excluding hydrogens is 372 g/mol. The fourth-order valence-electron chi connectivity index (χ4n) is 2.96. The first-order chi connectivity index (χ1) is 13.3. The van der Waals surface area contributed by atoms with Crippen LogP contribution in [0.1, 0.15) is 57.6 Å². The van der Waals surface area contributed by atoms with E-state index in [0.717, 1.165) is 18.4 Å². The summed E-state index contributed by atoms with van der Waals surface area (Å²) in [4.78, 5) is 24.5. The number of halogens is 1. The van der Waals surface area contributed by atoms with Gasteiger partial charge in [0.1, 0.15) is 0 Å². The van der Waals surface area contributed by atoms with E-state index in [1.165, 1.54) is 5.56 Å². The van der Waals surface area contributed by atoms with Gasteiger partial charge >= 0.3 is 0 Å². The molecule has 1 atom stereocenters. The first-order valence-electron chi connectivity index (χ1n) is 9.79. The topological polar surface area (TPSA) is 58.2 Å². The molecule has 2 aromatic carbocycles. The summed E-state index contributed by atoms with van der Waals surface area (Å²) < 4.78 is 0. The van der Waals surface area contributed by atoms with E-state index >= 15 is 0 Å². The van der Waals surface area contributed by atoms with Crippen LogP contribution >= 0.6 is 11.6 Å².